The second kappa shape index (κ2) is 42.5. The number of aliphatic imine (C=N–C) groups is 4. The maximum atomic E-state index is 15.0. The van der Waals surface area contributed by atoms with E-state index in [4.69, 9.17) is 71.5 Å². The first kappa shape index (κ1) is 76.7. The molecule has 23 N–H and O–H groups in total. The van der Waals surface area contributed by atoms with Gasteiger partial charge in [0.25, 0.3) is 5.69 Å². The van der Waals surface area contributed by atoms with Crippen molar-refractivity contribution in [1.82, 2.24) is 35.6 Å². The molecule has 1 unspecified atom stereocenters. The Morgan fingerprint density at radius 1 is 0.611 bits per heavy atom. The normalized spacial score (nSPS) is 12.9. The topological polar surface area (TPSA) is 566 Å². The molecule has 6 amide bonds. The number of hydrogen-bond donors (Lipinski definition) is 13. The van der Waals surface area contributed by atoms with Crippen molar-refractivity contribution in [2.24, 2.45) is 77.3 Å². The molecule has 1 heterocycles. The Hall–Kier alpha value is -9.38. The SMILES string of the molecule is CCOC(=O)C1=C(C)NC(COCCN(CC(=O)N(CCCN=C(N)N)CC(=O)N[C@H](CCCN=C(N)N)C(N)=O)C(=O)CN(CCCN=C(N)N)C(=O)CN(CCCN=C(N)N)C(=O)CNCCCCCCN)=C(C(=O)OCC)C1c1ccc([N+](=O)[O-])cc1. The van der Waals surface area contributed by atoms with Crippen LogP contribution in [0, 0.1) is 10.1 Å². The number of unbranched alkanes of at least 4 members (excludes halogenated alkanes) is 3. The van der Waals surface area contributed by atoms with Gasteiger partial charge in [0.15, 0.2) is 23.8 Å². The van der Waals surface area contributed by atoms with Gasteiger partial charge in [0.05, 0.1) is 86.8 Å². The number of allylic oxidation sites excluding steroid dienone is 1. The lowest BCUT2D eigenvalue weighted by molar-refractivity contribution is -0.384. The maximum absolute atomic E-state index is 15.0. The van der Waals surface area contributed by atoms with Gasteiger partial charge in [-0.1, -0.05) is 25.0 Å². The Kier molecular flexibility index (Phi) is 36.2. The van der Waals surface area contributed by atoms with Crippen LogP contribution >= 0.6 is 0 Å². The van der Waals surface area contributed by atoms with Crippen molar-refractivity contribution in [3.05, 3.63) is 62.5 Å². The Morgan fingerprint density at radius 2 is 1.07 bits per heavy atom. The number of ether oxygens (including phenoxy) is 3. The van der Waals surface area contributed by atoms with E-state index in [0.29, 0.717) is 18.7 Å². The summed E-state index contributed by atoms with van der Waals surface area (Å²) >= 11 is 0. The highest BCUT2D eigenvalue weighted by Gasteiger charge is 2.39. The molecule has 0 spiro atoms. The van der Waals surface area contributed by atoms with E-state index in [1.165, 1.54) is 34.1 Å². The molecular weight excluding hydrogens is 1180 g/mol. The fourth-order valence-corrected chi connectivity index (χ4v) is 9.03. The molecule has 35 nitrogen and oxygen atoms in total. The van der Waals surface area contributed by atoms with Crippen LogP contribution < -0.4 is 73.3 Å². The van der Waals surface area contributed by atoms with Gasteiger partial charge in [-0.2, -0.15) is 0 Å². The van der Waals surface area contributed by atoms with Crippen molar-refractivity contribution < 1.29 is 57.5 Å². The van der Waals surface area contributed by atoms with Crippen molar-refractivity contribution in [1.29, 1.82) is 0 Å². The molecule has 0 fully saturated rings. The number of non-ortho nitro benzene ring substituents is 1. The number of nitro benzene ring substituents is 1. The van der Waals surface area contributed by atoms with Crippen LogP contribution in [0.3, 0.4) is 0 Å². The maximum Gasteiger partial charge on any atom is 0.336 e. The number of primary amides is 1. The van der Waals surface area contributed by atoms with Gasteiger partial charge in [-0.15, -0.1) is 0 Å². The number of dihydropyridines is 1. The van der Waals surface area contributed by atoms with Gasteiger partial charge in [0.2, 0.25) is 35.4 Å². The Labute approximate surface area is 523 Å². The molecular formula is C55H94N22O13. The van der Waals surface area contributed by atoms with E-state index in [9.17, 15) is 48.5 Å². The lowest BCUT2D eigenvalue weighted by Gasteiger charge is -2.32. The minimum absolute atomic E-state index is 0.00756. The third kappa shape index (κ3) is 29.5. The van der Waals surface area contributed by atoms with Crippen LogP contribution in [0.5, 0.6) is 0 Å². The highest BCUT2D eigenvalue weighted by molar-refractivity contribution is 6.00. The number of hydrogen-bond acceptors (Lipinski definition) is 20. The van der Waals surface area contributed by atoms with E-state index in [2.05, 4.69) is 35.9 Å². The summed E-state index contributed by atoms with van der Waals surface area (Å²) in [6.45, 7) is 1.78. The zero-order chi connectivity index (χ0) is 67.1. The molecule has 502 valence electrons. The van der Waals surface area contributed by atoms with Gasteiger partial charge in [-0.25, -0.2) is 9.59 Å². The summed E-state index contributed by atoms with van der Waals surface area (Å²) in [4.78, 5) is 143. The summed E-state index contributed by atoms with van der Waals surface area (Å²) in [5.74, 6) is -8.10. The van der Waals surface area contributed by atoms with Gasteiger partial charge in [0, 0.05) is 70.2 Å². The van der Waals surface area contributed by atoms with Crippen LogP contribution in [0.2, 0.25) is 0 Å². The monoisotopic (exact) mass is 1270 g/mol. The standard InChI is InChI=1S/C55H94N22O13/c1-4-89-50(84)46-36(3)71-40(48(51(85)90-5-2)47(46)37-15-17-38(18-16-37)77(86)87)35-88-29-28-76(34-43(80)73(25-11-22-68-53(60)61)31-41(78)72-39(49(57)83)14-10-21-67-52(58)59)45(82)33-75(27-13-24-70-55(64)65)44(81)32-74(26-12-23-69-54(62)63)42(79)30-66-20-9-7-6-8-19-56/h15-18,39,47,66,71H,4-14,19-35,56H2,1-3H3,(H2,57,83)(H,72,78)(H4,58,59,67)(H4,60,61,68)(H4,62,63,69)(H4,64,65,70)/t39-,47?/m1/s1. The average molecular weight is 1270 g/mol. The molecule has 35 heteroatoms. The molecule has 1 aliphatic heterocycles. The first-order valence-corrected chi connectivity index (χ1v) is 29.5. The van der Waals surface area contributed by atoms with E-state index in [0.717, 1.165) is 35.5 Å². The number of esters is 2. The second-order valence-electron chi connectivity index (χ2n) is 20.4. The van der Waals surface area contributed by atoms with Crippen LogP contribution in [0.15, 0.2) is 66.8 Å². The van der Waals surface area contributed by atoms with Crippen LogP contribution in [-0.4, -0.2) is 226 Å². The third-order valence-electron chi connectivity index (χ3n) is 13.4. The summed E-state index contributed by atoms with van der Waals surface area (Å²) in [5, 5.41) is 20.4. The van der Waals surface area contributed by atoms with Crippen molar-refractivity contribution in [2.75, 3.05) is 125 Å². The van der Waals surface area contributed by atoms with Crippen molar-refractivity contribution in [3.8, 4) is 0 Å². The van der Waals surface area contributed by atoms with Crippen LogP contribution in [0.4, 0.5) is 5.69 Å². The highest BCUT2D eigenvalue weighted by atomic mass is 16.6. The Balaban J connectivity index is 2.76. The summed E-state index contributed by atoms with van der Waals surface area (Å²) in [5.41, 5.74) is 55.8. The summed E-state index contributed by atoms with van der Waals surface area (Å²) < 4.78 is 17.1. The molecule has 2 atom stereocenters. The molecule has 0 radical (unpaired) electrons. The molecule has 2 rings (SSSR count). The number of carbonyl (C=O) groups excluding carboxylic acids is 8. The number of nitrogens with zero attached hydrogens (tertiary/aromatic N) is 9. The fourth-order valence-electron chi connectivity index (χ4n) is 9.03. The molecule has 0 aliphatic carbocycles. The predicted octanol–water partition coefficient (Wildman–Crippen LogP) is -4.61. The molecule has 90 heavy (non-hydrogen) atoms. The van der Waals surface area contributed by atoms with E-state index in [-0.39, 0.29) is 156 Å². The number of nitrogens with one attached hydrogen (secondary N) is 3. The number of carbonyl (C=O) groups is 8. The highest BCUT2D eigenvalue weighted by Crippen LogP contribution is 2.40. The van der Waals surface area contributed by atoms with Crippen LogP contribution in [0.1, 0.15) is 90.0 Å². The average Bonchev–Trinajstić information content (AvgIpc) is 0.772. The smallest absolute Gasteiger partial charge is 0.336 e. The number of nitro groups is 1. The van der Waals surface area contributed by atoms with E-state index in [1.54, 1.807) is 20.8 Å². The van der Waals surface area contributed by atoms with Gasteiger partial charge >= 0.3 is 11.9 Å². The first-order valence-electron chi connectivity index (χ1n) is 29.5. The molecule has 0 bridgehead atoms. The van der Waals surface area contributed by atoms with Crippen molar-refractivity contribution in [2.45, 2.75) is 90.5 Å². The summed E-state index contributed by atoms with van der Waals surface area (Å²) in [6.07, 6.45) is 4.21. The predicted molar refractivity (Wildman–Crippen MR) is 336 cm³/mol. The lowest BCUT2D eigenvalue weighted by atomic mass is 9.80. The minimum Gasteiger partial charge on any atom is -0.463 e. The van der Waals surface area contributed by atoms with Crippen molar-refractivity contribution in [3.63, 3.8) is 0 Å². The van der Waals surface area contributed by atoms with Gasteiger partial charge < -0.3 is 107 Å². The quantitative estimate of drug-likeness (QED) is 0.00730. The Bertz CT molecular complexity index is 2720. The molecule has 1 aliphatic rings. The summed E-state index contributed by atoms with van der Waals surface area (Å²) in [7, 11) is 0. The van der Waals surface area contributed by atoms with Gasteiger partial charge in [-0.05, 0) is 84.4 Å². The third-order valence-corrected chi connectivity index (χ3v) is 13.4. The fraction of sp³-hybridized carbons (Fsp3) is 0.600. The summed E-state index contributed by atoms with van der Waals surface area (Å²) in [6, 6.07) is 4.02. The van der Waals surface area contributed by atoms with E-state index in [1.807, 2.05) is 0 Å². The van der Waals surface area contributed by atoms with Gasteiger partial charge in [-0.3, -0.25) is 58.9 Å². The van der Waals surface area contributed by atoms with E-state index >= 15 is 0 Å². The number of benzene rings is 1. The molecule has 1 aromatic carbocycles. The van der Waals surface area contributed by atoms with E-state index < -0.39 is 104 Å². The molecule has 0 aromatic heterocycles. The number of nitrogens with two attached hydrogens (primary N) is 10. The zero-order valence-corrected chi connectivity index (χ0v) is 51.9. The largest absolute Gasteiger partial charge is 0.463 e. The van der Waals surface area contributed by atoms with Crippen LogP contribution in [-0.2, 0) is 52.6 Å². The van der Waals surface area contributed by atoms with Crippen molar-refractivity contribution >= 4 is 76.9 Å². The second-order valence-corrected chi connectivity index (χ2v) is 20.4. The van der Waals surface area contributed by atoms with Crippen LogP contribution in [0.25, 0.3) is 0 Å². The number of guanidine groups is 4. The lowest BCUT2D eigenvalue weighted by Crippen LogP contribution is -2.53. The Morgan fingerprint density at radius 3 is 1.53 bits per heavy atom. The minimum atomic E-state index is -1.20. The molecule has 1 aromatic rings. The van der Waals surface area contributed by atoms with Gasteiger partial charge in [0.1, 0.15) is 6.04 Å². The first-order chi connectivity index (χ1) is 42.8. The molecule has 0 saturated heterocycles. The number of amides is 6. The zero-order valence-electron chi connectivity index (χ0n) is 51.9. The molecule has 0 saturated carbocycles. The number of rotatable bonds is 45.